The second kappa shape index (κ2) is 9.53. The monoisotopic (exact) mass is 382 g/mol. The summed E-state index contributed by atoms with van der Waals surface area (Å²) in [5.74, 6) is -8.37. The smallest absolute Gasteiger partial charge is 0.343 e. The van der Waals surface area contributed by atoms with Crippen LogP contribution in [0.5, 0.6) is 5.75 Å². The van der Waals surface area contributed by atoms with Crippen LogP contribution < -0.4 is 4.74 Å². The highest BCUT2D eigenvalue weighted by Crippen LogP contribution is 2.25. The van der Waals surface area contributed by atoms with E-state index in [1.54, 1.807) is 19.1 Å². The molecule has 0 bridgehead atoms. The van der Waals surface area contributed by atoms with Gasteiger partial charge in [0.1, 0.15) is 0 Å². The molecule has 1 aliphatic carbocycles. The third kappa shape index (κ3) is 5.81. The van der Waals surface area contributed by atoms with E-state index in [1.807, 2.05) is 0 Å². The Kier molecular flexibility index (Phi) is 7.39. The normalized spacial score (nSPS) is 14.3. The van der Waals surface area contributed by atoms with E-state index in [1.165, 1.54) is 44.2 Å². The van der Waals surface area contributed by atoms with Crippen LogP contribution in [0.1, 0.15) is 54.9 Å². The van der Waals surface area contributed by atoms with E-state index in [2.05, 4.69) is 11.7 Å². The number of hydrogen-bond donors (Lipinski definition) is 0. The maximum Gasteiger partial charge on any atom is 0.343 e. The minimum Gasteiger partial charge on any atom is -0.420 e. The van der Waals surface area contributed by atoms with Gasteiger partial charge in [0.05, 0.1) is 5.56 Å². The molecular weight excluding hydrogens is 360 g/mol. The minimum absolute atomic E-state index is 0.0696. The summed E-state index contributed by atoms with van der Waals surface area (Å²) in [6, 6.07) is 6.31. The Bertz CT molecular complexity index is 782. The fraction of sp³-hybridized carbons (Fsp3) is 0.381. The molecule has 2 nitrogen and oxygen atoms in total. The van der Waals surface area contributed by atoms with Gasteiger partial charge in [0.25, 0.3) is 0 Å². The van der Waals surface area contributed by atoms with E-state index in [9.17, 15) is 22.4 Å². The van der Waals surface area contributed by atoms with Crippen molar-refractivity contribution in [1.82, 2.24) is 0 Å². The van der Waals surface area contributed by atoms with Crippen LogP contribution in [0.25, 0.3) is 0 Å². The van der Waals surface area contributed by atoms with Crippen LogP contribution in [0.2, 0.25) is 0 Å². The standard InChI is InChI=1S/C14H8F4O2.C7H14/c1-7-2-4-8(5-3-7)14(19)20-10-6-9(15)11(16)13(18)12(10)17;1-7-5-3-2-4-6-7/h2-6H,1H3;7H,2-6H2,1H3. The second-order valence-electron chi connectivity index (χ2n) is 6.80. The van der Waals surface area contributed by atoms with E-state index in [0.717, 1.165) is 11.5 Å². The van der Waals surface area contributed by atoms with Crippen molar-refractivity contribution in [2.75, 3.05) is 0 Å². The summed E-state index contributed by atoms with van der Waals surface area (Å²) in [5.41, 5.74) is 0.951. The van der Waals surface area contributed by atoms with Crippen LogP contribution in [0, 0.1) is 36.1 Å². The highest BCUT2D eigenvalue weighted by atomic mass is 19.2. The Morgan fingerprint density at radius 3 is 2.04 bits per heavy atom. The number of hydrogen-bond acceptors (Lipinski definition) is 2. The maximum atomic E-state index is 13.3. The van der Waals surface area contributed by atoms with E-state index in [0.29, 0.717) is 0 Å². The van der Waals surface area contributed by atoms with Gasteiger partial charge in [-0.25, -0.2) is 18.0 Å². The topological polar surface area (TPSA) is 26.3 Å². The molecule has 0 amide bonds. The number of esters is 1. The molecule has 0 atom stereocenters. The lowest BCUT2D eigenvalue weighted by Gasteiger charge is -2.15. The molecule has 0 aliphatic heterocycles. The Balaban J connectivity index is 0.000000313. The van der Waals surface area contributed by atoms with Crippen molar-refractivity contribution < 1.29 is 27.1 Å². The molecule has 0 radical (unpaired) electrons. The molecule has 1 saturated carbocycles. The summed E-state index contributed by atoms with van der Waals surface area (Å²) in [6.45, 7) is 4.15. The Morgan fingerprint density at radius 2 is 1.52 bits per heavy atom. The average molecular weight is 382 g/mol. The zero-order valence-electron chi connectivity index (χ0n) is 15.3. The molecule has 0 unspecified atom stereocenters. The molecule has 0 N–H and O–H groups in total. The molecule has 27 heavy (non-hydrogen) atoms. The molecule has 2 aromatic rings. The van der Waals surface area contributed by atoms with Crippen LogP contribution >= 0.6 is 0 Å². The average Bonchev–Trinajstić information content (AvgIpc) is 2.66. The summed E-state index contributed by atoms with van der Waals surface area (Å²) in [7, 11) is 0. The van der Waals surface area contributed by atoms with Crippen molar-refractivity contribution in [3.8, 4) is 5.75 Å². The molecule has 6 heteroatoms. The van der Waals surface area contributed by atoms with E-state index < -0.39 is 35.0 Å². The highest BCUT2D eigenvalue weighted by molar-refractivity contribution is 5.91. The molecule has 0 heterocycles. The largest absolute Gasteiger partial charge is 0.420 e. The first-order valence-electron chi connectivity index (χ1n) is 8.91. The van der Waals surface area contributed by atoms with Crippen molar-refractivity contribution in [1.29, 1.82) is 0 Å². The van der Waals surface area contributed by atoms with Gasteiger partial charge >= 0.3 is 5.97 Å². The van der Waals surface area contributed by atoms with Gasteiger partial charge in [-0.15, -0.1) is 0 Å². The number of ether oxygens (including phenoxy) is 1. The molecule has 0 aromatic heterocycles. The molecular formula is C21H22F4O2. The number of halogens is 4. The van der Waals surface area contributed by atoms with Crippen LogP contribution in [-0.4, -0.2) is 5.97 Å². The lowest BCUT2D eigenvalue weighted by molar-refractivity contribution is 0.0725. The third-order valence-corrected chi connectivity index (χ3v) is 4.45. The molecule has 2 aromatic carbocycles. The van der Waals surface area contributed by atoms with Crippen molar-refractivity contribution in [2.24, 2.45) is 5.92 Å². The summed E-state index contributed by atoms with van der Waals surface area (Å²) < 4.78 is 56.5. The van der Waals surface area contributed by atoms with E-state index in [-0.39, 0.29) is 11.6 Å². The minimum atomic E-state index is -2.03. The zero-order chi connectivity index (χ0) is 20.0. The fourth-order valence-electron chi connectivity index (χ4n) is 2.78. The summed E-state index contributed by atoms with van der Waals surface area (Å²) in [4.78, 5) is 11.7. The first-order chi connectivity index (χ1) is 12.8. The lowest BCUT2D eigenvalue weighted by atomic mass is 9.91. The van der Waals surface area contributed by atoms with Crippen molar-refractivity contribution in [3.05, 3.63) is 64.7 Å². The molecule has 0 saturated heterocycles. The summed E-state index contributed by atoms with van der Waals surface area (Å²) >= 11 is 0. The van der Waals surface area contributed by atoms with Crippen molar-refractivity contribution >= 4 is 5.97 Å². The van der Waals surface area contributed by atoms with Gasteiger partial charge in [0, 0.05) is 6.07 Å². The predicted octanol–water partition coefficient (Wildman–Crippen LogP) is 6.36. The Hall–Kier alpha value is -2.37. The molecule has 146 valence electrons. The van der Waals surface area contributed by atoms with Gasteiger partial charge in [0.15, 0.2) is 17.4 Å². The molecule has 0 spiro atoms. The van der Waals surface area contributed by atoms with E-state index in [4.69, 9.17) is 0 Å². The van der Waals surface area contributed by atoms with Crippen molar-refractivity contribution in [2.45, 2.75) is 46.0 Å². The first kappa shape index (κ1) is 20.9. The van der Waals surface area contributed by atoms with Gasteiger partial charge in [-0.1, -0.05) is 56.7 Å². The zero-order valence-corrected chi connectivity index (χ0v) is 15.3. The van der Waals surface area contributed by atoms with Gasteiger partial charge < -0.3 is 4.74 Å². The van der Waals surface area contributed by atoms with Gasteiger partial charge in [-0.3, -0.25) is 0 Å². The second-order valence-corrected chi connectivity index (χ2v) is 6.80. The number of aryl methyl sites for hydroxylation is 1. The number of carbonyl (C=O) groups excluding carboxylic acids is 1. The van der Waals surface area contributed by atoms with Crippen LogP contribution in [0.15, 0.2) is 30.3 Å². The van der Waals surface area contributed by atoms with Crippen LogP contribution in [-0.2, 0) is 0 Å². The van der Waals surface area contributed by atoms with E-state index >= 15 is 0 Å². The van der Waals surface area contributed by atoms with Crippen LogP contribution in [0.4, 0.5) is 17.6 Å². The number of rotatable bonds is 2. The Labute approximate surface area is 156 Å². The molecule has 1 aliphatic rings. The Morgan fingerprint density at radius 1 is 0.926 bits per heavy atom. The summed E-state index contributed by atoms with van der Waals surface area (Å²) in [5, 5.41) is 0. The fourth-order valence-corrected chi connectivity index (χ4v) is 2.78. The SMILES string of the molecule is CC1CCCCC1.Cc1ccc(C(=O)Oc2cc(F)c(F)c(F)c2F)cc1. The quantitative estimate of drug-likeness (QED) is 0.199. The van der Waals surface area contributed by atoms with Crippen LogP contribution in [0.3, 0.4) is 0 Å². The lowest BCUT2D eigenvalue weighted by Crippen LogP contribution is -2.11. The third-order valence-electron chi connectivity index (χ3n) is 4.45. The number of carbonyl (C=O) groups is 1. The first-order valence-corrected chi connectivity index (χ1v) is 8.91. The maximum absolute atomic E-state index is 13.3. The van der Waals surface area contributed by atoms with Gasteiger partial charge in [0.2, 0.25) is 11.6 Å². The summed E-state index contributed by atoms with van der Waals surface area (Å²) in [6.07, 6.45) is 7.44. The number of benzene rings is 2. The van der Waals surface area contributed by atoms with Gasteiger partial charge in [-0.05, 0) is 25.0 Å². The molecule has 3 rings (SSSR count). The predicted molar refractivity (Wildman–Crippen MR) is 94.7 cm³/mol. The van der Waals surface area contributed by atoms with Gasteiger partial charge in [-0.2, -0.15) is 4.39 Å². The highest BCUT2D eigenvalue weighted by Gasteiger charge is 2.22. The molecule has 1 fully saturated rings. The van der Waals surface area contributed by atoms with Crippen molar-refractivity contribution in [3.63, 3.8) is 0 Å².